The van der Waals surface area contributed by atoms with Crippen molar-refractivity contribution in [2.45, 2.75) is 52.7 Å². The summed E-state index contributed by atoms with van der Waals surface area (Å²) in [5, 5.41) is 0. The summed E-state index contributed by atoms with van der Waals surface area (Å²) in [5.41, 5.74) is 5.82. The molecule has 17 heavy (non-hydrogen) atoms. The van der Waals surface area contributed by atoms with E-state index in [9.17, 15) is 4.79 Å². The highest BCUT2D eigenvalue weighted by molar-refractivity contribution is 5.82. The zero-order valence-electron chi connectivity index (χ0n) is 11.5. The number of amides is 1. The number of hydrogen-bond donors (Lipinski definition) is 1. The lowest BCUT2D eigenvalue weighted by Crippen LogP contribution is -2.53. The second kappa shape index (κ2) is 5.83. The van der Waals surface area contributed by atoms with Gasteiger partial charge in [-0.2, -0.15) is 0 Å². The van der Waals surface area contributed by atoms with Gasteiger partial charge < -0.3 is 15.4 Å². The summed E-state index contributed by atoms with van der Waals surface area (Å²) in [4.78, 5) is 14.0. The Morgan fingerprint density at radius 1 is 1.41 bits per heavy atom. The van der Waals surface area contributed by atoms with Crippen molar-refractivity contribution in [3.8, 4) is 0 Å². The van der Waals surface area contributed by atoms with Crippen LogP contribution in [0.1, 0.15) is 40.5 Å². The summed E-state index contributed by atoms with van der Waals surface area (Å²) in [6, 6.07) is -0.411. The molecule has 0 bridgehead atoms. The van der Waals surface area contributed by atoms with E-state index in [0.29, 0.717) is 6.10 Å². The van der Waals surface area contributed by atoms with Gasteiger partial charge in [0.05, 0.1) is 12.1 Å². The van der Waals surface area contributed by atoms with E-state index >= 15 is 0 Å². The Balaban J connectivity index is 2.46. The lowest BCUT2D eigenvalue weighted by Gasteiger charge is -2.36. The van der Waals surface area contributed by atoms with Gasteiger partial charge in [-0.1, -0.05) is 20.8 Å². The van der Waals surface area contributed by atoms with E-state index in [4.69, 9.17) is 10.5 Å². The molecule has 0 spiro atoms. The van der Waals surface area contributed by atoms with Gasteiger partial charge in [0.15, 0.2) is 0 Å². The van der Waals surface area contributed by atoms with E-state index in [1.165, 1.54) is 0 Å². The quantitative estimate of drug-likeness (QED) is 0.813. The van der Waals surface area contributed by atoms with E-state index in [1.54, 1.807) is 0 Å². The van der Waals surface area contributed by atoms with Crippen molar-refractivity contribution in [1.29, 1.82) is 0 Å². The summed E-state index contributed by atoms with van der Waals surface area (Å²) in [5.74, 6) is 0.0763. The minimum atomic E-state index is -0.411. The smallest absolute Gasteiger partial charge is 0.240 e. The predicted molar refractivity (Wildman–Crippen MR) is 68.7 cm³/mol. The van der Waals surface area contributed by atoms with Gasteiger partial charge in [0.25, 0.3) is 0 Å². The van der Waals surface area contributed by atoms with Crippen molar-refractivity contribution >= 4 is 5.91 Å². The molecule has 0 aromatic rings. The molecule has 0 saturated carbocycles. The molecule has 4 heteroatoms. The highest BCUT2D eigenvalue weighted by Crippen LogP contribution is 2.21. The van der Waals surface area contributed by atoms with Crippen LogP contribution in [0.25, 0.3) is 0 Å². The number of rotatable bonds is 3. The van der Waals surface area contributed by atoms with Crippen molar-refractivity contribution < 1.29 is 9.53 Å². The molecule has 100 valence electrons. The van der Waals surface area contributed by atoms with Gasteiger partial charge in [-0.3, -0.25) is 4.79 Å². The summed E-state index contributed by atoms with van der Waals surface area (Å²) in [6.45, 7) is 10.3. The van der Waals surface area contributed by atoms with Crippen LogP contribution in [-0.2, 0) is 9.53 Å². The minimum Gasteiger partial charge on any atom is -0.378 e. The van der Waals surface area contributed by atoms with E-state index in [2.05, 4.69) is 0 Å². The first-order valence-electron chi connectivity index (χ1n) is 6.52. The maximum absolute atomic E-state index is 12.2. The van der Waals surface area contributed by atoms with Gasteiger partial charge >= 0.3 is 0 Å². The third-order valence-corrected chi connectivity index (χ3v) is 3.36. The normalized spacial score (nSPS) is 20.4. The van der Waals surface area contributed by atoms with Gasteiger partial charge in [-0.15, -0.1) is 0 Å². The molecular formula is C13H26N2O2. The first-order chi connectivity index (χ1) is 7.86. The summed E-state index contributed by atoms with van der Waals surface area (Å²) in [6.07, 6.45) is 2.17. The topological polar surface area (TPSA) is 55.6 Å². The Bertz CT molecular complexity index is 253. The second-order valence-electron chi connectivity index (χ2n) is 5.82. The minimum absolute atomic E-state index is 0.0763. The number of nitrogens with zero attached hydrogens (tertiary/aromatic N) is 1. The lowest BCUT2D eigenvalue weighted by molar-refractivity contribution is -0.137. The van der Waals surface area contributed by atoms with E-state index in [1.807, 2.05) is 32.6 Å². The number of likely N-dealkylation sites (tertiary alicyclic amines) is 1. The first kappa shape index (κ1) is 14.5. The first-order valence-corrected chi connectivity index (χ1v) is 6.52. The van der Waals surface area contributed by atoms with Crippen molar-refractivity contribution in [3.05, 3.63) is 0 Å². The number of carbonyl (C=O) groups is 1. The van der Waals surface area contributed by atoms with Crippen LogP contribution in [0.15, 0.2) is 0 Å². The fraction of sp³-hybridized carbons (Fsp3) is 0.923. The third-order valence-electron chi connectivity index (χ3n) is 3.36. The molecule has 0 unspecified atom stereocenters. The van der Waals surface area contributed by atoms with Gasteiger partial charge in [0.2, 0.25) is 5.91 Å². The maximum atomic E-state index is 12.2. The molecular weight excluding hydrogens is 216 g/mol. The zero-order valence-corrected chi connectivity index (χ0v) is 11.5. The molecule has 2 N–H and O–H groups in total. The Morgan fingerprint density at radius 3 is 2.35 bits per heavy atom. The van der Waals surface area contributed by atoms with Crippen LogP contribution in [0.3, 0.4) is 0 Å². The van der Waals surface area contributed by atoms with Crippen molar-refractivity contribution in [3.63, 3.8) is 0 Å². The molecule has 1 amide bonds. The molecule has 4 nitrogen and oxygen atoms in total. The fourth-order valence-electron chi connectivity index (χ4n) is 2.05. The number of nitrogens with two attached hydrogens (primary N) is 1. The summed E-state index contributed by atoms with van der Waals surface area (Å²) in [7, 11) is 0. The average molecular weight is 242 g/mol. The molecule has 0 radical (unpaired) electrons. The van der Waals surface area contributed by atoms with Crippen LogP contribution in [0.5, 0.6) is 0 Å². The van der Waals surface area contributed by atoms with Crippen molar-refractivity contribution in [1.82, 2.24) is 4.90 Å². The monoisotopic (exact) mass is 242 g/mol. The lowest BCUT2D eigenvalue weighted by atomic mass is 9.86. The number of carbonyl (C=O) groups excluding carboxylic acids is 1. The van der Waals surface area contributed by atoms with Crippen molar-refractivity contribution in [2.24, 2.45) is 11.1 Å². The second-order valence-corrected chi connectivity index (χ2v) is 5.82. The highest BCUT2D eigenvalue weighted by Gasteiger charge is 2.32. The Hall–Kier alpha value is -0.610. The number of ether oxygens (including phenoxy) is 1. The SMILES string of the molecule is CCOC1CCN(C(=O)[C@@H](N)C(C)(C)C)CC1. The molecule has 1 saturated heterocycles. The highest BCUT2D eigenvalue weighted by atomic mass is 16.5. The Labute approximate surface area is 104 Å². The summed E-state index contributed by atoms with van der Waals surface area (Å²) < 4.78 is 5.57. The Morgan fingerprint density at radius 2 is 1.94 bits per heavy atom. The fourth-order valence-corrected chi connectivity index (χ4v) is 2.05. The molecule has 1 aliphatic heterocycles. The van der Waals surface area contributed by atoms with E-state index in [0.717, 1.165) is 32.5 Å². The molecule has 0 aliphatic carbocycles. The third kappa shape index (κ3) is 3.96. The predicted octanol–water partition coefficient (Wildman–Crippen LogP) is 1.39. The molecule has 1 aliphatic rings. The molecule has 1 fully saturated rings. The van der Waals surface area contributed by atoms with E-state index < -0.39 is 6.04 Å². The number of hydrogen-bond acceptors (Lipinski definition) is 3. The zero-order chi connectivity index (χ0) is 13.1. The van der Waals surface area contributed by atoms with Gasteiger partial charge in [0.1, 0.15) is 0 Å². The largest absolute Gasteiger partial charge is 0.378 e. The average Bonchev–Trinajstić information content (AvgIpc) is 2.27. The Kier molecular flexibility index (Phi) is 4.95. The van der Waals surface area contributed by atoms with Gasteiger partial charge in [-0.25, -0.2) is 0 Å². The van der Waals surface area contributed by atoms with Crippen molar-refractivity contribution in [2.75, 3.05) is 19.7 Å². The molecule has 1 rings (SSSR count). The molecule has 1 atom stereocenters. The number of piperidine rings is 1. The van der Waals surface area contributed by atoms with Crippen LogP contribution in [0.2, 0.25) is 0 Å². The summed E-state index contributed by atoms with van der Waals surface area (Å²) >= 11 is 0. The molecule has 1 heterocycles. The van der Waals surface area contributed by atoms with Crippen LogP contribution in [0.4, 0.5) is 0 Å². The van der Waals surface area contributed by atoms with Crippen LogP contribution >= 0.6 is 0 Å². The standard InChI is InChI=1S/C13H26N2O2/c1-5-17-10-6-8-15(9-7-10)12(16)11(14)13(2,3)4/h10-11H,5-9,14H2,1-4H3/t11-/m1/s1. The van der Waals surface area contributed by atoms with Crippen LogP contribution in [-0.4, -0.2) is 42.6 Å². The van der Waals surface area contributed by atoms with E-state index in [-0.39, 0.29) is 11.3 Å². The molecule has 0 aromatic heterocycles. The van der Waals surface area contributed by atoms with Gasteiger partial charge in [-0.05, 0) is 25.2 Å². The maximum Gasteiger partial charge on any atom is 0.240 e. The van der Waals surface area contributed by atoms with Gasteiger partial charge in [0, 0.05) is 19.7 Å². The molecule has 0 aromatic carbocycles. The van der Waals surface area contributed by atoms with Crippen LogP contribution < -0.4 is 5.73 Å². The van der Waals surface area contributed by atoms with Crippen LogP contribution in [0, 0.1) is 5.41 Å².